The van der Waals surface area contributed by atoms with Gasteiger partial charge in [0, 0.05) is 5.54 Å². The number of rotatable bonds is 5. The van der Waals surface area contributed by atoms with E-state index in [0.717, 1.165) is 0 Å². The molecule has 1 rings (SSSR count). The lowest BCUT2D eigenvalue weighted by Gasteiger charge is -2.20. The number of aromatic nitrogens is 2. The number of nitrogens with zero attached hydrogens (tertiary/aromatic N) is 2. The van der Waals surface area contributed by atoms with Gasteiger partial charge in [0.15, 0.2) is 0 Å². The number of anilines is 1. The predicted molar refractivity (Wildman–Crippen MR) is 71.5 cm³/mol. The minimum Gasteiger partial charge on any atom is -0.481 e. The molecule has 1 aromatic rings. The Balaban J connectivity index is 2.64. The topological polar surface area (TPSA) is 85.4 Å². The van der Waals surface area contributed by atoms with Crippen LogP contribution in [0.4, 0.5) is 5.95 Å². The summed E-state index contributed by atoms with van der Waals surface area (Å²) in [5.74, 6) is 0.870. The highest BCUT2D eigenvalue weighted by atomic mass is 16.5. The molecule has 0 aromatic carbocycles. The summed E-state index contributed by atoms with van der Waals surface area (Å²) in [5, 5.41) is 5.65. The van der Waals surface area contributed by atoms with Gasteiger partial charge in [-0.25, -0.2) is 0 Å². The molecule has 1 aromatic heterocycles. The standard InChI is InChI=1S/C12H20N4O3/c1-12(2,3)16-8(17)7-13-11-14-9(18-4)6-10(15-11)19-5/h6H,7H2,1-5H3,(H,16,17)(H,13,14,15). The summed E-state index contributed by atoms with van der Waals surface area (Å²) in [6.07, 6.45) is 0. The van der Waals surface area contributed by atoms with Crippen molar-refractivity contribution >= 4 is 11.9 Å². The second kappa shape index (κ2) is 6.21. The summed E-state index contributed by atoms with van der Waals surface area (Å²) in [5.41, 5.74) is -0.272. The van der Waals surface area contributed by atoms with E-state index < -0.39 is 0 Å². The summed E-state index contributed by atoms with van der Waals surface area (Å²) in [4.78, 5) is 19.8. The van der Waals surface area contributed by atoms with Crippen LogP contribution in [0.15, 0.2) is 6.07 Å². The van der Waals surface area contributed by atoms with Gasteiger partial charge in [-0.3, -0.25) is 4.79 Å². The number of ether oxygens (including phenoxy) is 2. The van der Waals surface area contributed by atoms with Crippen molar-refractivity contribution in [2.24, 2.45) is 0 Å². The molecule has 7 heteroatoms. The Bertz CT molecular complexity index is 421. The maximum absolute atomic E-state index is 11.6. The van der Waals surface area contributed by atoms with E-state index in [0.29, 0.717) is 11.8 Å². The third-order valence-corrected chi connectivity index (χ3v) is 2.02. The van der Waals surface area contributed by atoms with Crippen LogP contribution in [0.25, 0.3) is 0 Å². The molecule has 0 aliphatic carbocycles. The average molecular weight is 268 g/mol. The van der Waals surface area contributed by atoms with Gasteiger partial charge in [0.1, 0.15) is 0 Å². The summed E-state index contributed by atoms with van der Waals surface area (Å²) in [6, 6.07) is 1.56. The van der Waals surface area contributed by atoms with Crippen LogP contribution in [-0.2, 0) is 4.79 Å². The average Bonchev–Trinajstić information content (AvgIpc) is 2.33. The van der Waals surface area contributed by atoms with Crippen LogP contribution in [0.1, 0.15) is 20.8 Å². The number of carbonyl (C=O) groups excluding carboxylic acids is 1. The molecule has 0 atom stereocenters. The fourth-order valence-corrected chi connectivity index (χ4v) is 1.31. The first-order valence-electron chi connectivity index (χ1n) is 5.86. The van der Waals surface area contributed by atoms with Gasteiger partial charge in [-0.1, -0.05) is 0 Å². The van der Waals surface area contributed by atoms with E-state index in [9.17, 15) is 4.79 Å². The first-order valence-corrected chi connectivity index (χ1v) is 5.86. The monoisotopic (exact) mass is 268 g/mol. The summed E-state index contributed by atoms with van der Waals surface area (Å²) in [7, 11) is 3.00. The molecule has 7 nitrogen and oxygen atoms in total. The Morgan fingerprint density at radius 1 is 1.21 bits per heavy atom. The van der Waals surface area contributed by atoms with Crippen molar-refractivity contribution in [1.82, 2.24) is 15.3 Å². The van der Waals surface area contributed by atoms with Gasteiger partial charge in [-0.2, -0.15) is 9.97 Å². The third kappa shape index (κ3) is 5.41. The fourth-order valence-electron chi connectivity index (χ4n) is 1.31. The Kier molecular flexibility index (Phi) is 4.91. The minimum absolute atomic E-state index is 0.0770. The molecular formula is C12H20N4O3. The first kappa shape index (κ1) is 15.0. The van der Waals surface area contributed by atoms with Gasteiger partial charge < -0.3 is 20.1 Å². The molecule has 0 spiro atoms. The highest BCUT2D eigenvalue weighted by Gasteiger charge is 2.14. The van der Waals surface area contributed by atoms with Gasteiger partial charge in [0.05, 0.1) is 26.8 Å². The fraction of sp³-hybridized carbons (Fsp3) is 0.583. The van der Waals surface area contributed by atoms with Gasteiger partial charge in [-0.15, -0.1) is 0 Å². The van der Waals surface area contributed by atoms with E-state index in [4.69, 9.17) is 9.47 Å². The molecule has 1 amide bonds. The number of nitrogens with one attached hydrogen (secondary N) is 2. The molecule has 1 heterocycles. The molecule has 2 N–H and O–H groups in total. The van der Waals surface area contributed by atoms with Gasteiger partial charge in [0.25, 0.3) is 0 Å². The van der Waals surface area contributed by atoms with Crippen LogP contribution in [0, 0.1) is 0 Å². The van der Waals surface area contributed by atoms with E-state index in [-0.39, 0.29) is 23.9 Å². The number of methoxy groups -OCH3 is 2. The normalized spacial score (nSPS) is 10.8. The van der Waals surface area contributed by atoms with Crippen molar-refractivity contribution in [1.29, 1.82) is 0 Å². The molecule has 0 fully saturated rings. The quantitative estimate of drug-likeness (QED) is 0.822. The zero-order valence-corrected chi connectivity index (χ0v) is 11.9. The van der Waals surface area contributed by atoms with Crippen LogP contribution in [0.3, 0.4) is 0 Å². The van der Waals surface area contributed by atoms with E-state index in [1.807, 2.05) is 20.8 Å². The molecule has 0 bridgehead atoms. The minimum atomic E-state index is -0.272. The lowest BCUT2D eigenvalue weighted by atomic mass is 10.1. The molecule has 106 valence electrons. The highest BCUT2D eigenvalue weighted by molar-refractivity contribution is 5.80. The van der Waals surface area contributed by atoms with Crippen LogP contribution in [0.2, 0.25) is 0 Å². The Labute approximate surface area is 112 Å². The molecule has 0 saturated carbocycles. The largest absolute Gasteiger partial charge is 0.481 e. The van der Waals surface area contributed by atoms with Crippen molar-refractivity contribution in [2.75, 3.05) is 26.1 Å². The molecule has 0 unspecified atom stereocenters. The van der Waals surface area contributed by atoms with E-state index in [1.54, 1.807) is 6.07 Å². The van der Waals surface area contributed by atoms with Gasteiger partial charge in [0.2, 0.25) is 23.6 Å². The maximum Gasteiger partial charge on any atom is 0.239 e. The van der Waals surface area contributed by atoms with Crippen LogP contribution < -0.4 is 20.1 Å². The first-order chi connectivity index (χ1) is 8.84. The number of hydrogen-bond donors (Lipinski definition) is 2. The van der Waals surface area contributed by atoms with Gasteiger partial charge >= 0.3 is 0 Å². The van der Waals surface area contributed by atoms with Crippen molar-refractivity contribution < 1.29 is 14.3 Å². The Morgan fingerprint density at radius 3 is 2.16 bits per heavy atom. The Hall–Kier alpha value is -2.05. The highest BCUT2D eigenvalue weighted by Crippen LogP contribution is 2.16. The number of amides is 1. The van der Waals surface area contributed by atoms with Gasteiger partial charge in [-0.05, 0) is 20.8 Å². The summed E-state index contributed by atoms with van der Waals surface area (Å²) >= 11 is 0. The molecule has 0 aliphatic rings. The van der Waals surface area contributed by atoms with Crippen LogP contribution >= 0.6 is 0 Å². The van der Waals surface area contributed by atoms with Crippen LogP contribution in [0.5, 0.6) is 11.8 Å². The Morgan fingerprint density at radius 2 is 1.74 bits per heavy atom. The van der Waals surface area contributed by atoms with E-state index in [2.05, 4.69) is 20.6 Å². The number of carbonyl (C=O) groups is 1. The van der Waals surface area contributed by atoms with Crippen molar-refractivity contribution in [2.45, 2.75) is 26.3 Å². The molecular weight excluding hydrogens is 248 g/mol. The van der Waals surface area contributed by atoms with Crippen molar-refractivity contribution in [3.8, 4) is 11.8 Å². The smallest absolute Gasteiger partial charge is 0.239 e. The molecule has 19 heavy (non-hydrogen) atoms. The molecule has 0 saturated heterocycles. The zero-order chi connectivity index (χ0) is 14.5. The van der Waals surface area contributed by atoms with Crippen molar-refractivity contribution in [3.05, 3.63) is 6.07 Å². The predicted octanol–water partition coefficient (Wildman–Crippen LogP) is 0.820. The van der Waals surface area contributed by atoms with E-state index in [1.165, 1.54) is 14.2 Å². The van der Waals surface area contributed by atoms with E-state index >= 15 is 0 Å². The van der Waals surface area contributed by atoms with Crippen LogP contribution in [-0.4, -0.2) is 42.2 Å². The lowest BCUT2D eigenvalue weighted by Crippen LogP contribution is -2.43. The molecule has 0 radical (unpaired) electrons. The lowest BCUT2D eigenvalue weighted by molar-refractivity contribution is -0.120. The third-order valence-electron chi connectivity index (χ3n) is 2.02. The van der Waals surface area contributed by atoms with Crippen molar-refractivity contribution in [3.63, 3.8) is 0 Å². The molecule has 0 aliphatic heterocycles. The summed E-state index contributed by atoms with van der Waals surface area (Å²) < 4.78 is 10.0. The second-order valence-corrected chi connectivity index (χ2v) is 4.93. The summed E-state index contributed by atoms with van der Waals surface area (Å²) in [6.45, 7) is 5.81. The number of hydrogen-bond acceptors (Lipinski definition) is 6. The maximum atomic E-state index is 11.6. The second-order valence-electron chi connectivity index (χ2n) is 4.93. The zero-order valence-electron chi connectivity index (χ0n) is 11.9. The SMILES string of the molecule is COc1cc(OC)nc(NCC(=O)NC(C)(C)C)n1.